The molecule has 0 radical (unpaired) electrons. The van der Waals surface area contributed by atoms with E-state index in [0.29, 0.717) is 18.1 Å². The number of ether oxygens (including phenoxy) is 1. The van der Waals surface area contributed by atoms with Gasteiger partial charge in [0.05, 0.1) is 24.6 Å². The van der Waals surface area contributed by atoms with E-state index >= 15 is 0 Å². The van der Waals surface area contributed by atoms with Gasteiger partial charge in [0.2, 0.25) is 16.0 Å². The zero-order valence-corrected chi connectivity index (χ0v) is 20.1. The Morgan fingerprint density at radius 1 is 1.14 bits per heavy atom. The van der Waals surface area contributed by atoms with Gasteiger partial charge in [-0.15, -0.1) is 0 Å². The smallest absolute Gasteiger partial charge is 0.421 e. The second-order valence-corrected chi connectivity index (χ2v) is 9.37. The monoisotopic (exact) mass is 545 g/mol. The van der Waals surface area contributed by atoms with Gasteiger partial charge >= 0.3 is 18.7 Å². The molecule has 37 heavy (non-hydrogen) atoms. The van der Waals surface area contributed by atoms with Gasteiger partial charge in [0, 0.05) is 18.4 Å². The van der Waals surface area contributed by atoms with Crippen molar-refractivity contribution in [2.45, 2.75) is 19.3 Å². The first kappa shape index (κ1) is 27.6. The van der Waals surface area contributed by atoms with Crippen LogP contribution in [0, 0.1) is 0 Å². The Balaban J connectivity index is 1.85. The van der Waals surface area contributed by atoms with Gasteiger partial charge in [-0.05, 0) is 42.0 Å². The molecule has 2 aromatic carbocycles. The van der Waals surface area contributed by atoms with E-state index in [1.165, 1.54) is 43.5 Å². The fourth-order valence-corrected chi connectivity index (χ4v) is 3.95. The number of nitrogens with one attached hydrogen (secondary N) is 2. The van der Waals surface area contributed by atoms with Crippen molar-refractivity contribution in [1.82, 2.24) is 9.97 Å². The first-order valence-electron chi connectivity index (χ1n) is 10.3. The van der Waals surface area contributed by atoms with Crippen molar-refractivity contribution in [2.75, 3.05) is 28.3 Å². The number of hydrogen-bond donors (Lipinski definition) is 2. The minimum absolute atomic E-state index is 0.101. The number of methoxy groups -OCH3 is 1. The zero-order valence-electron chi connectivity index (χ0n) is 19.3. The third-order valence-corrected chi connectivity index (χ3v) is 5.90. The highest BCUT2D eigenvalue weighted by Crippen LogP contribution is 2.34. The number of sulfonamides is 1. The summed E-state index contributed by atoms with van der Waals surface area (Å²) in [5.41, 5.74) is -0.688. The van der Waals surface area contributed by atoms with Crippen LogP contribution in [-0.4, -0.2) is 44.3 Å². The molecule has 0 bridgehead atoms. The molecular weight excluding hydrogens is 525 g/mol. The summed E-state index contributed by atoms with van der Waals surface area (Å²) in [6, 6.07) is 10.8. The maximum atomic E-state index is 13.5. The third-order valence-electron chi connectivity index (χ3n) is 4.82. The molecule has 0 unspecified atom stereocenters. The van der Waals surface area contributed by atoms with Crippen molar-refractivity contribution in [3.05, 3.63) is 71.4 Å². The Labute approximate surface area is 208 Å². The Morgan fingerprint density at radius 2 is 1.81 bits per heavy atom. The fraction of sp³-hybridized carbons (Fsp3) is 0.227. The molecule has 0 spiro atoms. The van der Waals surface area contributed by atoms with Crippen LogP contribution in [0.15, 0.2) is 54.7 Å². The van der Waals surface area contributed by atoms with Crippen LogP contribution >= 0.6 is 0 Å². The number of nitrogens with zero attached hydrogens (tertiary/aromatic N) is 3. The average Bonchev–Trinajstić information content (AvgIpc) is 2.81. The van der Waals surface area contributed by atoms with Gasteiger partial charge in [-0.3, -0.25) is 0 Å². The van der Waals surface area contributed by atoms with Crippen molar-refractivity contribution in [2.24, 2.45) is 0 Å². The number of hydrogen-bond acceptors (Lipinski definition) is 8. The Hall–Kier alpha value is -4.01. The van der Waals surface area contributed by atoms with E-state index in [9.17, 15) is 35.2 Å². The summed E-state index contributed by atoms with van der Waals surface area (Å²) >= 11 is 0. The van der Waals surface area contributed by atoms with Crippen LogP contribution in [0.1, 0.15) is 21.5 Å². The van der Waals surface area contributed by atoms with Crippen LogP contribution in [-0.2, 0) is 27.5 Å². The first-order valence-corrected chi connectivity index (χ1v) is 12.1. The third kappa shape index (κ3) is 7.03. The highest BCUT2D eigenvalue weighted by molar-refractivity contribution is 7.92. The van der Waals surface area contributed by atoms with Gasteiger partial charge in [0.1, 0.15) is 11.4 Å². The Bertz CT molecular complexity index is 1370. The van der Waals surface area contributed by atoms with Crippen molar-refractivity contribution in [3.63, 3.8) is 0 Å². The molecule has 0 atom stereocenters. The molecule has 0 amide bonds. The van der Waals surface area contributed by atoms with E-state index in [1.807, 2.05) is 0 Å². The minimum atomic E-state index is -4.81. The lowest BCUT2D eigenvalue weighted by atomic mass is 10.2. The predicted octanol–water partition coefficient (Wildman–Crippen LogP) is 4.63. The summed E-state index contributed by atoms with van der Waals surface area (Å²) in [7, 11) is -3.09. The van der Waals surface area contributed by atoms with E-state index in [2.05, 4.69) is 25.3 Å². The molecule has 9 nitrogen and oxygen atoms in total. The molecule has 3 rings (SSSR count). The van der Waals surface area contributed by atoms with Gasteiger partial charge in [-0.2, -0.15) is 26.9 Å². The summed E-state index contributed by atoms with van der Waals surface area (Å²) in [5, 5.41) is 5.22. The van der Waals surface area contributed by atoms with E-state index in [4.69, 9.17) is 0 Å². The van der Waals surface area contributed by atoms with E-state index in [1.54, 1.807) is 0 Å². The lowest BCUT2D eigenvalue weighted by Crippen LogP contribution is -2.34. The van der Waals surface area contributed by atoms with E-state index in [0.717, 1.165) is 12.1 Å². The zero-order chi connectivity index (χ0) is 27.4. The molecule has 0 saturated carbocycles. The lowest BCUT2D eigenvalue weighted by molar-refractivity contribution is -0.137. The quantitative estimate of drug-likeness (QED) is 0.227. The topological polar surface area (TPSA) is 114 Å². The molecular formula is C22H20F5N5O4S. The number of carbonyl (C=O) groups excluding carboxylic acids is 1. The van der Waals surface area contributed by atoms with Crippen molar-refractivity contribution in [3.8, 4) is 0 Å². The molecule has 1 heterocycles. The second-order valence-electron chi connectivity index (χ2n) is 7.51. The predicted molar refractivity (Wildman–Crippen MR) is 125 cm³/mol. The molecule has 198 valence electrons. The van der Waals surface area contributed by atoms with Gasteiger partial charge in [-0.25, -0.2) is 22.5 Å². The number of rotatable bonds is 9. The number of benzene rings is 2. The minimum Gasteiger partial charge on any atom is -0.465 e. The van der Waals surface area contributed by atoms with Crippen LogP contribution in [0.25, 0.3) is 0 Å². The maximum absolute atomic E-state index is 13.5. The van der Waals surface area contributed by atoms with E-state index < -0.39 is 40.1 Å². The maximum Gasteiger partial charge on any atom is 0.421 e. The largest absolute Gasteiger partial charge is 0.465 e. The second kappa shape index (κ2) is 10.9. The lowest BCUT2D eigenvalue weighted by Gasteiger charge is -2.21. The number of anilines is 4. The summed E-state index contributed by atoms with van der Waals surface area (Å²) in [5.74, 6) is -1.37. The van der Waals surface area contributed by atoms with Gasteiger partial charge in [-0.1, -0.05) is 12.1 Å². The van der Waals surface area contributed by atoms with Crippen molar-refractivity contribution >= 4 is 39.1 Å². The van der Waals surface area contributed by atoms with Crippen LogP contribution in [0.3, 0.4) is 0 Å². The SMILES string of the molecule is COC(=O)c1ccc(Nc2ncc(C(F)(F)F)c(NCc3cccc(N(C(F)F)S(C)(=O)=O)c3)n2)cc1. The number of aromatic nitrogens is 2. The number of halogens is 5. The van der Waals surface area contributed by atoms with Crippen molar-refractivity contribution < 1.29 is 39.9 Å². The average molecular weight is 545 g/mol. The summed E-state index contributed by atoms with van der Waals surface area (Å²) in [6.07, 6.45) is -3.63. The molecule has 0 saturated heterocycles. The number of alkyl halides is 5. The first-order chi connectivity index (χ1) is 17.3. The Morgan fingerprint density at radius 3 is 2.38 bits per heavy atom. The van der Waals surface area contributed by atoms with Gasteiger partial charge < -0.3 is 15.4 Å². The normalized spacial score (nSPS) is 11.8. The van der Waals surface area contributed by atoms with Crippen LogP contribution in [0.4, 0.5) is 45.1 Å². The van der Waals surface area contributed by atoms with E-state index in [-0.39, 0.29) is 33.6 Å². The molecule has 2 N–H and O–H groups in total. The Kier molecular flexibility index (Phi) is 8.15. The standard InChI is InChI=1S/C22H20F5N5O4S/c1-36-19(33)14-6-8-15(9-7-14)30-21-29-12-17(22(25,26)27)18(31-21)28-11-13-4-3-5-16(10-13)32(20(23)24)37(2,34)35/h3-10,12,20H,11H2,1-2H3,(H2,28,29,30,31). The summed E-state index contributed by atoms with van der Waals surface area (Å²) in [6.45, 7) is -3.66. The highest BCUT2D eigenvalue weighted by atomic mass is 32.2. The summed E-state index contributed by atoms with van der Waals surface area (Å²) < 4.78 is 95.2. The van der Waals surface area contributed by atoms with Crippen LogP contribution in [0.5, 0.6) is 0 Å². The molecule has 1 aromatic heterocycles. The number of carbonyl (C=O) groups is 1. The number of esters is 1. The van der Waals surface area contributed by atoms with Gasteiger partial charge in [0.25, 0.3) is 0 Å². The molecule has 3 aromatic rings. The van der Waals surface area contributed by atoms with Crippen molar-refractivity contribution in [1.29, 1.82) is 0 Å². The molecule has 0 fully saturated rings. The summed E-state index contributed by atoms with van der Waals surface area (Å²) in [4.78, 5) is 19.1. The molecule has 0 aliphatic carbocycles. The highest BCUT2D eigenvalue weighted by Gasteiger charge is 2.35. The van der Waals surface area contributed by atoms with Crippen LogP contribution < -0.4 is 14.9 Å². The van der Waals surface area contributed by atoms with Crippen LogP contribution in [0.2, 0.25) is 0 Å². The van der Waals surface area contributed by atoms with Gasteiger partial charge in [0.15, 0.2) is 0 Å². The molecule has 0 aliphatic rings. The molecule has 15 heteroatoms. The molecule has 0 aliphatic heterocycles. The fourth-order valence-electron chi connectivity index (χ4n) is 3.16.